The Kier molecular flexibility index (Phi) is 4.43. The van der Waals surface area contributed by atoms with Gasteiger partial charge < -0.3 is 19.6 Å². The molecule has 2 rings (SSSR count). The van der Waals surface area contributed by atoms with E-state index in [9.17, 15) is 19.3 Å². The highest BCUT2D eigenvalue weighted by Crippen LogP contribution is 2.37. The number of phosphoric ester groups is 1. The van der Waals surface area contributed by atoms with Crippen LogP contribution in [0.1, 0.15) is 12.8 Å². The van der Waals surface area contributed by atoms with Crippen molar-refractivity contribution >= 4 is 19.8 Å². The lowest BCUT2D eigenvalue weighted by molar-refractivity contribution is -0.123. The number of nitrogens with one attached hydrogen (secondary N) is 1. The third-order valence-electron chi connectivity index (χ3n) is 3.05. The number of aliphatic hydroxyl groups excluding tert-OH is 1. The van der Waals surface area contributed by atoms with Crippen LogP contribution in [0.2, 0.25) is 0 Å². The van der Waals surface area contributed by atoms with Gasteiger partial charge in [0.05, 0.1) is 12.7 Å². The van der Waals surface area contributed by atoms with Gasteiger partial charge in [-0.3, -0.25) is 19.5 Å². The van der Waals surface area contributed by atoms with Gasteiger partial charge in [-0.25, -0.2) is 9.36 Å². The first-order valence-electron chi connectivity index (χ1n) is 5.90. The van der Waals surface area contributed by atoms with Crippen molar-refractivity contribution in [3.63, 3.8) is 0 Å². The first-order chi connectivity index (χ1) is 9.26. The fourth-order valence-corrected chi connectivity index (χ4v) is 2.42. The highest BCUT2D eigenvalue weighted by atomic mass is 31.2. The number of amides is 3. The molecule has 0 bridgehead atoms. The highest BCUT2D eigenvalue weighted by Gasteiger charge is 2.41. The van der Waals surface area contributed by atoms with Crippen LogP contribution in [0.3, 0.4) is 0 Å². The van der Waals surface area contributed by atoms with Crippen LogP contribution in [0.25, 0.3) is 0 Å². The minimum absolute atomic E-state index is 0.0802. The summed E-state index contributed by atoms with van der Waals surface area (Å²) in [5.41, 5.74) is 0. The molecule has 0 saturated carbocycles. The van der Waals surface area contributed by atoms with Crippen molar-refractivity contribution in [2.75, 3.05) is 13.2 Å². The lowest BCUT2D eigenvalue weighted by Gasteiger charge is -2.31. The molecule has 2 fully saturated rings. The molecule has 2 aliphatic rings. The second kappa shape index (κ2) is 5.76. The van der Waals surface area contributed by atoms with E-state index in [0.29, 0.717) is 0 Å². The Hall–Kier alpha value is -1.03. The summed E-state index contributed by atoms with van der Waals surface area (Å²) in [5.74, 6) is -0.383. The second-order valence-electron chi connectivity index (χ2n) is 4.52. The van der Waals surface area contributed by atoms with Crippen LogP contribution in [-0.2, 0) is 18.6 Å². The monoisotopic (exact) mass is 310 g/mol. The number of ether oxygens (including phenoxy) is 1. The molecule has 3 amide bonds. The molecule has 10 nitrogen and oxygen atoms in total. The molecule has 4 N–H and O–H groups in total. The van der Waals surface area contributed by atoms with Crippen LogP contribution in [0.15, 0.2) is 0 Å². The molecule has 3 atom stereocenters. The lowest BCUT2D eigenvalue weighted by atomic mass is 10.2. The van der Waals surface area contributed by atoms with Crippen LogP contribution in [0.5, 0.6) is 0 Å². The molecule has 114 valence electrons. The third kappa shape index (κ3) is 3.75. The first kappa shape index (κ1) is 15.4. The number of urea groups is 1. The van der Waals surface area contributed by atoms with Gasteiger partial charge in [-0.05, 0) is 0 Å². The van der Waals surface area contributed by atoms with Crippen molar-refractivity contribution in [2.45, 2.75) is 31.3 Å². The number of phosphoric acid groups is 1. The molecule has 2 saturated heterocycles. The molecule has 2 heterocycles. The molecule has 0 spiro atoms. The van der Waals surface area contributed by atoms with Gasteiger partial charge in [-0.2, -0.15) is 0 Å². The standard InChI is InChI=1S/C9H15N2O8P/c12-5-3-8(11-2-1-7(13)10-9(11)14)19-6(5)4-18-20(15,16)17/h5-6,8,12H,1-4H2,(H,10,13,14)(H2,15,16,17)/t5-,6-,8-/m1/s1. The van der Waals surface area contributed by atoms with E-state index in [0.717, 1.165) is 0 Å². The summed E-state index contributed by atoms with van der Waals surface area (Å²) >= 11 is 0. The van der Waals surface area contributed by atoms with Gasteiger partial charge in [-0.1, -0.05) is 0 Å². The molecule has 0 aliphatic carbocycles. The Bertz CT molecular complexity index is 451. The largest absolute Gasteiger partial charge is 0.469 e. The maximum Gasteiger partial charge on any atom is 0.469 e. The minimum Gasteiger partial charge on any atom is -0.390 e. The average molecular weight is 310 g/mol. The van der Waals surface area contributed by atoms with Crippen LogP contribution in [-0.4, -0.2) is 63.3 Å². The van der Waals surface area contributed by atoms with Crippen molar-refractivity contribution in [2.24, 2.45) is 0 Å². The SMILES string of the molecule is O=C1CCN([C@H]2C[C@@H](O)[C@@H](COP(=O)(O)O)O2)C(=O)N1. The minimum atomic E-state index is -4.65. The van der Waals surface area contributed by atoms with Gasteiger partial charge in [0.2, 0.25) is 5.91 Å². The highest BCUT2D eigenvalue weighted by molar-refractivity contribution is 7.46. The lowest BCUT2D eigenvalue weighted by Crippen LogP contribution is -2.53. The van der Waals surface area contributed by atoms with Crippen molar-refractivity contribution in [1.29, 1.82) is 0 Å². The molecular weight excluding hydrogens is 295 g/mol. The molecule has 20 heavy (non-hydrogen) atoms. The number of aliphatic hydroxyl groups is 1. The van der Waals surface area contributed by atoms with E-state index in [-0.39, 0.29) is 25.3 Å². The van der Waals surface area contributed by atoms with Gasteiger partial charge >= 0.3 is 13.9 Å². The molecule has 0 radical (unpaired) electrons. The summed E-state index contributed by atoms with van der Waals surface area (Å²) < 4.78 is 20.2. The number of rotatable bonds is 4. The molecule has 0 aromatic carbocycles. The number of imide groups is 1. The third-order valence-corrected chi connectivity index (χ3v) is 3.53. The van der Waals surface area contributed by atoms with Crippen molar-refractivity contribution in [3.8, 4) is 0 Å². The maximum absolute atomic E-state index is 11.6. The Morgan fingerprint density at radius 3 is 2.75 bits per heavy atom. The first-order valence-corrected chi connectivity index (χ1v) is 7.43. The van der Waals surface area contributed by atoms with Crippen LogP contribution in [0.4, 0.5) is 4.79 Å². The summed E-state index contributed by atoms with van der Waals surface area (Å²) in [6.07, 6.45) is -2.51. The predicted octanol–water partition coefficient (Wildman–Crippen LogP) is -1.49. The Balaban J connectivity index is 1.91. The van der Waals surface area contributed by atoms with E-state index in [2.05, 4.69) is 9.84 Å². The zero-order valence-corrected chi connectivity index (χ0v) is 11.2. The van der Waals surface area contributed by atoms with Crippen LogP contribution in [0, 0.1) is 0 Å². The summed E-state index contributed by atoms with van der Waals surface area (Å²) in [7, 11) is -4.65. The van der Waals surface area contributed by atoms with E-state index >= 15 is 0 Å². The molecule has 2 aliphatic heterocycles. The smallest absolute Gasteiger partial charge is 0.390 e. The zero-order chi connectivity index (χ0) is 14.9. The number of carbonyl (C=O) groups excluding carboxylic acids is 2. The number of hydrogen-bond acceptors (Lipinski definition) is 6. The predicted molar refractivity (Wildman–Crippen MR) is 62.1 cm³/mol. The summed E-state index contributed by atoms with van der Waals surface area (Å²) in [4.78, 5) is 41.1. The Labute approximate surface area is 113 Å². The van der Waals surface area contributed by atoms with Gasteiger partial charge in [0, 0.05) is 19.4 Å². The van der Waals surface area contributed by atoms with E-state index < -0.39 is 38.9 Å². The normalized spacial score (nSPS) is 31.6. The van der Waals surface area contributed by atoms with E-state index in [1.165, 1.54) is 4.90 Å². The zero-order valence-electron chi connectivity index (χ0n) is 10.3. The topological polar surface area (TPSA) is 146 Å². The summed E-state index contributed by atoms with van der Waals surface area (Å²) in [5, 5.41) is 11.9. The van der Waals surface area contributed by atoms with Gasteiger partial charge in [0.15, 0.2) is 0 Å². The van der Waals surface area contributed by atoms with Gasteiger partial charge in [0.25, 0.3) is 0 Å². The molecule has 0 aromatic heterocycles. The fourth-order valence-electron chi connectivity index (χ4n) is 2.08. The van der Waals surface area contributed by atoms with Crippen LogP contribution < -0.4 is 5.32 Å². The molecule has 0 aromatic rings. The van der Waals surface area contributed by atoms with Crippen molar-refractivity contribution < 1.29 is 38.3 Å². The molecular formula is C9H15N2O8P. The van der Waals surface area contributed by atoms with E-state index in [1.54, 1.807) is 0 Å². The van der Waals surface area contributed by atoms with Crippen LogP contribution >= 0.6 is 7.82 Å². The van der Waals surface area contributed by atoms with Crippen molar-refractivity contribution in [1.82, 2.24) is 10.2 Å². The Morgan fingerprint density at radius 2 is 2.15 bits per heavy atom. The van der Waals surface area contributed by atoms with Gasteiger partial charge in [0.1, 0.15) is 12.3 Å². The fraction of sp³-hybridized carbons (Fsp3) is 0.778. The second-order valence-corrected chi connectivity index (χ2v) is 5.75. The van der Waals surface area contributed by atoms with E-state index in [1.807, 2.05) is 0 Å². The number of nitrogens with zero attached hydrogens (tertiary/aromatic N) is 1. The van der Waals surface area contributed by atoms with E-state index in [4.69, 9.17) is 14.5 Å². The summed E-state index contributed by atoms with van der Waals surface area (Å²) in [6, 6.07) is -0.616. The Morgan fingerprint density at radius 1 is 1.45 bits per heavy atom. The molecule has 0 unspecified atom stereocenters. The summed E-state index contributed by atoms with van der Waals surface area (Å²) in [6.45, 7) is -0.329. The maximum atomic E-state index is 11.6. The van der Waals surface area contributed by atoms with Crippen molar-refractivity contribution in [3.05, 3.63) is 0 Å². The number of carbonyl (C=O) groups is 2. The number of hydrogen-bond donors (Lipinski definition) is 4. The average Bonchev–Trinajstić information content (AvgIpc) is 2.67. The van der Waals surface area contributed by atoms with Gasteiger partial charge in [-0.15, -0.1) is 0 Å². The molecule has 11 heteroatoms. The quantitative estimate of drug-likeness (QED) is 0.460.